The number of likely N-dealkylation sites (tertiary alicyclic amines) is 1. The van der Waals surface area contributed by atoms with Crippen molar-refractivity contribution in [2.45, 2.75) is 59.6 Å². The molecule has 3 N–H and O–H groups in total. The summed E-state index contributed by atoms with van der Waals surface area (Å²) >= 11 is 0. The van der Waals surface area contributed by atoms with Gasteiger partial charge in [-0.15, -0.1) is 0 Å². The number of H-pyrrole nitrogens is 1. The highest BCUT2D eigenvalue weighted by Gasteiger charge is 2.30. The summed E-state index contributed by atoms with van der Waals surface area (Å²) in [5.41, 5.74) is 4.88. The Balaban J connectivity index is 1.80. The topological polar surface area (TPSA) is 85.4 Å². The lowest BCUT2D eigenvalue weighted by molar-refractivity contribution is -0.125. The van der Waals surface area contributed by atoms with Crippen LogP contribution in [0.2, 0.25) is 0 Å². The van der Waals surface area contributed by atoms with Crippen molar-refractivity contribution in [3.05, 3.63) is 34.5 Å². The third-order valence-electron chi connectivity index (χ3n) is 5.73. The van der Waals surface area contributed by atoms with Gasteiger partial charge in [-0.25, -0.2) is 0 Å². The molecule has 2 atom stereocenters. The van der Waals surface area contributed by atoms with Crippen molar-refractivity contribution < 1.29 is 14.7 Å². The summed E-state index contributed by atoms with van der Waals surface area (Å²) in [6.07, 6.45) is 0.351. The number of aliphatic hydroxyl groups excluding tert-OH is 1. The monoisotopic (exact) mass is 385 g/mol. The Morgan fingerprint density at radius 2 is 1.86 bits per heavy atom. The second kappa shape index (κ2) is 7.95. The molecule has 2 amide bonds. The van der Waals surface area contributed by atoms with Crippen LogP contribution in [-0.4, -0.2) is 52.0 Å². The van der Waals surface area contributed by atoms with Crippen molar-refractivity contribution in [3.8, 4) is 0 Å². The smallest absolute Gasteiger partial charge is 0.270 e. The molecule has 1 aromatic heterocycles. The third kappa shape index (κ3) is 3.92. The summed E-state index contributed by atoms with van der Waals surface area (Å²) in [6.45, 7) is 10.7. The first kappa shape index (κ1) is 20.4. The van der Waals surface area contributed by atoms with Gasteiger partial charge in [0.2, 0.25) is 5.91 Å². The Kier molecular flexibility index (Phi) is 5.79. The Morgan fingerprint density at radius 3 is 2.54 bits per heavy atom. The van der Waals surface area contributed by atoms with Crippen LogP contribution in [0, 0.1) is 26.7 Å². The summed E-state index contributed by atoms with van der Waals surface area (Å²) in [7, 11) is 0. The van der Waals surface area contributed by atoms with E-state index in [4.69, 9.17) is 0 Å². The standard InChI is InChI=1S/C22H31N3O3/c1-12(2)21(27)23-17-6-8-25(9-7-18(17)26)22(28)20-15(5)16-11-13(3)10-14(4)19(16)24-20/h10-12,17-18,24,26H,6-9H2,1-5H3,(H,23,27)/t17-,18-/m0/s1. The molecule has 1 aliphatic rings. The van der Waals surface area contributed by atoms with E-state index in [0.717, 1.165) is 22.0 Å². The number of aromatic amines is 1. The van der Waals surface area contributed by atoms with Crippen molar-refractivity contribution in [3.63, 3.8) is 0 Å². The summed E-state index contributed by atoms with van der Waals surface area (Å²) in [6, 6.07) is 3.90. The van der Waals surface area contributed by atoms with E-state index >= 15 is 0 Å². The van der Waals surface area contributed by atoms with Gasteiger partial charge in [-0.05, 0) is 50.8 Å². The van der Waals surface area contributed by atoms with Gasteiger partial charge >= 0.3 is 0 Å². The molecule has 1 aliphatic heterocycles. The zero-order chi connectivity index (χ0) is 20.6. The number of nitrogens with one attached hydrogen (secondary N) is 2. The van der Waals surface area contributed by atoms with Crippen molar-refractivity contribution in [2.24, 2.45) is 5.92 Å². The second-order valence-corrected chi connectivity index (χ2v) is 8.34. The van der Waals surface area contributed by atoms with Gasteiger partial charge in [0.15, 0.2) is 0 Å². The van der Waals surface area contributed by atoms with E-state index in [1.165, 1.54) is 5.56 Å². The maximum atomic E-state index is 13.2. The maximum Gasteiger partial charge on any atom is 0.270 e. The molecule has 0 bridgehead atoms. The van der Waals surface area contributed by atoms with E-state index in [9.17, 15) is 14.7 Å². The van der Waals surface area contributed by atoms with E-state index in [-0.39, 0.29) is 23.8 Å². The Morgan fingerprint density at radius 1 is 1.18 bits per heavy atom. The van der Waals surface area contributed by atoms with Gasteiger partial charge in [0, 0.05) is 29.9 Å². The summed E-state index contributed by atoms with van der Waals surface area (Å²) in [5, 5.41) is 14.4. The fraction of sp³-hybridized carbons (Fsp3) is 0.545. The largest absolute Gasteiger partial charge is 0.391 e. The molecule has 0 unspecified atom stereocenters. The number of hydrogen-bond acceptors (Lipinski definition) is 3. The number of aromatic nitrogens is 1. The highest BCUT2D eigenvalue weighted by atomic mass is 16.3. The molecule has 0 aliphatic carbocycles. The van der Waals surface area contributed by atoms with Crippen LogP contribution >= 0.6 is 0 Å². The van der Waals surface area contributed by atoms with Crippen molar-refractivity contribution in [1.29, 1.82) is 0 Å². The van der Waals surface area contributed by atoms with E-state index in [0.29, 0.717) is 31.6 Å². The first-order chi connectivity index (χ1) is 13.2. The highest BCUT2D eigenvalue weighted by molar-refractivity contribution is 6.01. The number of carbonyl (C=O) groups excluding carboxylic acids is 2. The van der Waals surface area contributed by atoms with Crippen LogP contribution in [-0.2, 0) is 4.79 Å². The lowest BCUT2D eigenvalue weighted by Gasteiger charge is -2.22. The fourth-order valence-electron chi connectivity index (χ4n) is 3.96. The Bertz CT molecular complexity index is 900. The quantitative estimate of drug-likeness (QED) is 0.759. The van der Waals surface area contributed by atoms with Gasteiger partial charge in [-0.1, -0.05) is 25.5 Å². The predicted octanol–water partition coefficient (Wildman–Crippen LogP) is 2.83. The zero-order valence-corrected chi connectivity index (χ0v) is 17.4. The molecule has 28 heavy (non-hydrogen) atoms. The molecule has 1 saturated heterocycles. The van der Waals surface area contributed by atoms with Crippen LogP contribution in [0.3, 0.4) is 0 Å². The van der Waals surface area contributed by atoms with E-state index in [2.05, 4.69) is 29.4 Å². The summed E-state index contributed by atoms with van der Waals surface area (Å²) in [5.74, 6) is -0.246. The van der Waals surface area contributed by atoms with Gasteiger partial charge in [0.1, 0.15) is 5.69 Å². The summed E-state index contributed by atoms with van der Waals surface area (Å²) < 4.78 is 0. The van der Waals surface area contributed by atoms with Gasteiger partial charge in [0.25, 0.3) is 5.91 Å². The van der Waals surface area contributed by atoms with E-state index in [1.54, 1.807) is 4.90 Å². The van der Waals surface area contributed by atoms with Gasteiger partial charge < -0.3 is 20.3 Å². The lowest BCUT2D eigenvalue weighted by atomic mass is 10.1. The summed E-state index contributed by atoms with van der Waals surface area (Å²) in [4.78, 5) is 30.3. The van der Waals surface area contributed by atoms with E-state index in [1.807, 2.05) is 27.7 Å². The number of amides is 2. The maximum absolute atomic E-state index is 13.2. The minimum atomic E-state index is -0.644. The molecule has 0 radical (unpaired) electrons. The normalized spacial score (nSPS) is 20.5. The van der Waals surface area contributed by atoms with Crippen molar-refractivity contribution in [1.82, 2.24) is 15.2 Å². The van der Waals surface area contributed by atoms with E-state index < -0.39 is 6.10 Å². The molecule has 6 heteroatoms. The highest BCUT2D eigenvalue weighted by Crippen LogP contribution is 2.27. The first-order valence-corrected chi connectivity index (χ1v) is 10.1. The van der Waals surface area contributed by atoms with Gasteiger partial charge in [0.05, 0.1) is 12.1 Å². The lowest BCUT2D eigenvalue weighted by Crippen LogP contribution is -2.44. The second-order valence-electron chi connectivity index (χ2n) is 8.34. The van der Waals surface area contributed by atoms with Crippen LogP contribution in [0.15, 0.2) is 12.1 Å². The SMILES string of the molecule is Cc1cc(C)c2[nH]c(C(=O)N3CC[C@H](NC(=O)C(C)C)[C@@H](O)CC3)c(C)c2c1. The van der Waals surface area contributed by atoms with Gasteiger partial charge in [-0.3, -0.25) is 9.59 Å². The molecule has 3 rings (SSSR count). The molecule has 6 nitrogen and oxygen atoms in total. The molecular weight excluding hydrogens is 354 g/mol. The average molecular weight is 386 g/mol. The van der Waals surface area contributed by atoms with Crippen LogP contribution in [0.5, 0.6) is 0 Å². The van der Waals surface area contributed by atoms with Crippen molar-refractivity contribution >= 4 is 22.7 Å². The molecule has 1 fully saturated rings. The number of hydrogen-bond donors (Lipinski definition) is 3. The Hall–Kier alpha value is -2.34. The molecule has 0 saturated carbocycles. The Labute approximate surface area is 166 Å². The fourth-order valence-corrected chi connectivity index (χ4v) is 3.96. The molecular formula is C22H31N3O3. The van der Waals surface area contributed by atoms with Gasteiger partial charge in [-0.2, -0.15) is 0 Å². The van der Waals surface area contributed by atoms with Crippen molar-refractivity contribution in [2.75, 3.05) is 13.1 Å². The minimum Gasteiger partial charge on any atom is -0.391 e. The number of fused-ring (bicyclic) bond motifs is 1. The molecule has 2 heterocycles. The average Bonchev–Trinajstić information content (AvgIpc) is 2.85. The zero-order valence-electron chi connectivity index (χ0n) is 17.4. The number of carbonyl (C=O) groups is 2. The molecule has 0 spiro atoms. The van der Waals surface area contributed by atoms with Crippen LogP contribution in [0.25, 0.3) is 10.9 Å². The number of benzene rings is 1. The number of rotatable bonds is 3. The molecule has 1 aromatic carbocycles. The van der Waals surface area contributed by atoms with Crippen LogP contribution < -0.4 is 5.32 Å². The molecule has 2 aromatic rings. The minimum absolute atomic E-state index is 0.0474. The number of nitrogens with zero attached hydrogens (tertiary/aromatic N) is 1. The third-order valence-corrected chi connectivity index (χ3v) is 5.73. The van der Waals surface area contributed by atoms with Crippen LogP contribution in [0.1, 0.15) is 53.9 Å². The first-order valence-electron chi connectivity index (χ1n) is 10.1. The van der Waals surface area contributed by atoms with Crippen LogP contribution in [0.4, 0.5) is 0 Å². The number of aliphatic hydroxyl groups is 1. The molecule has 152 valence electrons. The predicted molar refractivity (Wildman–Crippen MR) is 110 cm³/mol. The number of aryl methyl sites for hydroxylation is 3.